The quantitative estimate of drug-likeness (QED) is 0.0997. The molecule has 0 spiro atoms. The molecule has 272 valence electrons. The number of carbonyl (C=O) groups is 1. The first kappa shape index (κ1) is 38.4. The molecule has 5 atom stereocenters. The average Bonchev–Trinajstić information content (AvgIpc) is 4.06. The highest BCUT2D eigenvalue weighted by molar-refractivity contribution is 6.34. The Kier molecular flexibility index (Phi) is 13.1. The van der Waals surface area contributed by atoms with E-state index in [9.17, 15) is 30.3 Å². The summed E-state index contributed by atoms with van der Waals surface area (Å²) in [5, 5.41) is 60.0. The lowest BCUT2D eigenvalue weighted by molar-refractivity contribution is -0.159. The fourth-order valence-corrected chi connectivity index (χ4v) is 6.51. The standard InChI is InChI=1S/C37H46Cl2N2O9/c1-22(43)19-41(36(48)35(47)34(46)33(45)31(44)20-42)15-5-4-6-23-16-30(39)24(17-29(23)38)21-49-37(12-13-37)28-18-40-14-11-26(28)27-7-2-3-8-32(27)50-25-9-10-25/h2-3,7-8,11,14,16-18,22,25,31,33-35,42-47H,4-6,9-10,12-13,15,19-21H2,1H3/t22-,31+,33-,34+,35+/m1/s1. The Morgan fingerprint density at radius 1 is 0.980 bits per heavy atom. The number of aliphatic hydroxyl groups is 6. The molecule has 0 aliphatic heterocycles. The molecule has 2 aliphatic carbocycles. The zero-order chi connectivity index (χ0) is 36.0. The average molecular weight is 734 g/mol. The summed E-state index contributed by atoms with van der Waals surface area (Å²) in [5.74, 6) is -0.0622. The van der Waals surface area contributed by atoms with Crippen LogP contribution in [0.5, 0.6) is 5.75 Å². The lowest BCUT2D eigenvalue weighted by Gasteiger charge is -2.30. The summed E-state index contributed by atoms with van der Waals surface area (Å²) < 4.78 is 12.8. The minimum absolute atomic E-state index is 0.120. The van der Waals surface area contributed by atoms with Crippen molar-refractivity contribution >= 4 is 29.1 Å². The van der Waals surface area contributed by atoms with Crippen LogP contribution in [0.4, 0.5) is 0 Å². The van der Waals surface area contributed by atoms with Gasteiger partial charge in [0.1, 0.15) is 24.1 Å². The van der Waals surface area contributed by atoms with Gasteiger partial charge in [-0.3, -0.25) is 9.78 Å². The molecule has 0 bridgehead atoms. The van der Waals surface area contributed by atoms with E-state index in [-0.39, 0.29) is 25.8 Å². The molecule has 1 amide bonds. The normalized spacial score (nSPS) is 18.2. The second kappa shape index (κ2) is 17.1. The number of unbranched alkanes of at least 4 members (excludes halogenated alkanes) is 1. The number of aromatic nitrogens is 1. The van der Waals surface area contributed by atoms with Crippen molar-refractivity contribution in [1.29, 1.82) is 0 Å². The largest absolute Gasteiger partial charge is 0.490 e. The molecule has 13 heteroatoms. The van der Waals surface area contributed by atoms with Crippen molar-refractivity contribution < 1.29 is 44.9 Å². The van der Waals surface area contributed by atoms with Crippen molar-refractivity contribution in [3.8, 4) is 16.9 Å². The first-order valence-corrected chi connectivity index (χ1v) is 17.8. The highest BCUT2D eigenvalue weighted by atomic mass is 35.5. The topological polar surface area (TPSA) is 173 Å². The lowest BCUT2D eigenvalue weighted by atomic mass is 9.96. The third-order valence-electron chi connectivity index (χ3n) is 9.16. The van der Waals surface area contributed by atoms with Gasteiger partial charge in [0.05, 0.1) is 31.0 Å². The molecule has 2 aliphatic rings. The Balaban J connectivity index is 1.19. The van der Waals surface area contributed by atoms with E-state index in [1.807, 2.05) is 42.6 Å². The Hall–Kier alpha value is -2.84. The van der Waals surface area contributed by atoms with Gasteiger partial charge in [-0.15, -0.1) is 0 Å². The monoisotopic (exact) mass is 732 g/mol. The van der Waals surface area contributed by atoms with Crippen molar-refractivity contribution in [3.63, 3.8) is 0 Å². The molecule has 2 saturated carbocycles. The molecule has 3 aromatic rings. The van der Waals surface area contributed by atoms with Gasteiger partial charge >= 0.3 is 0 Å². The van der Waals surface area contributed by atoms with Crippen LogP contribution in [-0.2, 0) is 28.2 Å². The number of pyridine rings is 1. The third kappa shape index (κ3) is 9.52. The fraction of sp³-hybridized carbons (Fsp3) is 0.514. The number of rotatable bonds is 19. The van der Waals surface area contributed by atoms with Crippen LogP contribution in [0, 0.1) is 0 Å². The zero-order valence-electron chi connectivity index (χ0n) is 28.0. The Labute approximate surface area is 302 Å². The zero-order valence-corrected chi connectivity index (χ0v) is 29.5. The molecular formula is C37H46Cl2N2O9. The lowest BCUT2D eigenvalue weighted by Crippen LogP contribution is -2.53. The number of hydrogen-bond donors (Lipinski definition) is 6. The number of carbonyl (C=O) groups excluding carboxylic acids is 1. The molecule has 2 aromatic carbocycles. The number of hydrogen-bond acceptors (Lipinski definition) is 10. The van der Waals surface area contributed by atoms with Crippen molar-refractivity contribution in [2.75, 3.05) is 19.7 Å². The Morgan fingerprint density at radius 2 is 1.68 bits per heavy atom. The van der Waals surface area contributed by atoms with E-state index < -0.39 is 48.6 Å². The van der Waals surface area contributed by atoms with E-state index in [4.69, 9.17) is 37.8 Å². The van der Waals surface area contributed by atoms with E-state index in [1.165, 1.54) is 11.8 Å². The van der Waals surface area contributed by atoms with Gasteiger partial charge in [0.15, 0.2) is 6.10 Å². The number of para-hydroxylation sites is 1. The van der Waals surface area contributed by atoms with Crippen LogP contribution in [0.25, 0.3) is 11.1 Å². The van der Waals surface area contributed by atoms with E-state index in [2.05, 4.69) is 11.1 Å². The van der Waals surface area contributed by atoms with Gasteiger partial charge < -0.3 is 45.0 Å². The number of halogens is 2. The van der Waals surface area contributed by atoms with Crippen LogP contribution in [-0.4, -0.2) is 103 Å². The van der Waals surface area contributed by atoms with E-state index in [0.717, 1.165) is 59.3 Å². The molecule has 0 saturated heterocycles. The summed E-state index contributed by atoms with van der Waals surface area (Å²) in [4.78, 5) is 18.5. The molecular weight excluding hydrogens is 687 g/mol. The summed E-state index contributed by atoms with van der Waals surface area (Å²) in [5.41, 5.74) is 4.12. The minimum atomic E-state index is -2.07. The van der Waals surface area contributed by atoms with Crippen LogP contribution in [0.3, 0.4) is 0 Å². The first-order chi connectivity index (χ1) is 23.9. The van der Waals surface area contributed by atoms with E-state index in [1.54, 1.807) is 6.20 Å². The summed E-state index contributed by atoms with van der Waals surface area (Å²) in [6.07, 6.45) is 0.637. The van der Waals surface area contributed by atoms with Gasteiger partial charge in [-0.2, -0.15) is 0 Å². The van der Waals surface area contributed by atoms with Crippen molar-refractivity contribution in [1.82, 2.24) is 9.88 Å². The number of benzene rings is 2. The van der Waals surface area contributed by atoms with Gasteiger partial charge in [0, 0.05) is 46.7 Å². The highest BCUT2D eigenvalue weighted by Gasteiger charge is 2.48. The van der Waals surface area contributed by atoms with Gasteiger partial charge in [-0.05, 0) is 92.8 Å². The molecule has 2 fully saturated rings. The molecule has 6 N–H and O–H groups in total. The maximum Gasteiger partial charge on any atom is 0.254 e. The van der Waals surface area contributed by atoms with Gasteiger partial charge in [-0.25, -0.2) is 0 Å². The second-order valence-electron chi connectivity index (χ2n) is 13.3. The van der Waals surface area contributed by atoms with E-state index >= 15 is 0 Å². The fourth-order valence-electron chi connectivity index (χ4n) is 5.99. The third-order valence-corrected chi connectivity index (χ3v) is 9.86. The van der Waals surface area contributed by atoms with Crippen LogP contribution >= 0.6 is 23.2 Å². The smallest absolute Gasteiger partial charge is 0.254 e. The van der Waals surface area contributed by atoms with Gasteiger partial charge in [-0.1, -0.05) is 41.4 Å². The predicted octanol–water partition coefficient (Wildman–Crippen LogP) is 3.77. The first-order valence-electron chi connectivity index (χ1n) is 17.1. The van der Waals surface area contributed by atoms with Crippen LogP contribution in [0.2, 0.25) is 10.0 Å². The Bertz CT molecular complexity index is 1600. The maximum atomic E-state index is 12.9. The SMILES string of the molecule is C[C@@H](O)CN(CCCCc1cc(Cl)c(COC2(c3cnccc3-c3ccccc3OC3CC3)CC2)cc1Cl)C(=O)[C@@H](O)[C@@H](O)[C@H](O)[C@@H](O)CO. The molecule has 1 heterocycles. The summed E-state index contributed by atoms with van der Waals surface area (Å²) >= 11 is 13.4. The number of amides is 1. The number of ether oxygens (including phenoxy) is 2. The van der Waals surface area contributed by atoms with E-state index in [0.29, 0.717) is 29.3 Å². The van der Waals surface area contributed by atoms with Crippen LogP contribution < -0.4 is 4.74 Å². The second-order valence-corrected chi connectivity index (χ2v) is 14.1. The molecule has 0 unspecified atom stereocenters. The van der Waals surface area contributed by atoms with Gasteiger partial charge in [0.25, 0.3) is 5.91 Å². The highest BCUT2D eigenvalue weighted by Crippen LogP contribution is 2.53. The van der Waals surface area contributed by atoms with Crippen molar-refractivity contribution in [2.45, 2.75) is 101 Å². The number of aryl methyl sites for hydroxylation is 1. The van der Waals surface area contributed by atoms with Gasteiger partial charge in [0.2, 0.25) is 0 Å². The predicted molar refractivity (Wildman–Crippen MR) is 188 cm³/mol. The minimum Gasteiger partial charge on any atom is -0.490 e. The number of aliphatic hydroxyl groups excluding tert-OH is 6. The maximum absolute atomic E-state index is 12.9. The summed E-state index contributed by atoms with van der Waals surface area (Å²) in [6.45, 7) is 0.883. The number of nitrogens with zero attached hydrogens (tertiary/aromatic N) is 2. The van der Waals surface area contributed by atoms with Crippen LogP contribution in [0.1, 0.15) is 62.1 Å². The molecule has 50 heavy (non-hydrogen) atoms. The molecule has 1 aromatic heterocycles. The molecule has 11 nitrogen and oxygen atoms in total. The Morgan fingerprint density at radius 3 is 2.36 bits per heavy atom. The summed E-state index contributed by atoms with van der Waals surface area (Å²) in [6, 6.07) is 13.7. The van der Waals surface area contributed by atoms with Crippen molar-refractivity contribution in [2.24, 2.45) is 0 Å². The summed E-state index contributed by atoms with van der Waals surface area (Å²) in [7, 11) is 0. The van der Waals surface area contributed by atoms with Crippen LogP contribution in [0.15, 0.2) is 54.9 Å². The van der Waals surface area contributed by atoms with Crippen molar-refractivity contribution in [3.05, 3.63) is 81.6 Å². The molecule has 0 radical (unpaired) electrons. The molecule has 5 rings (SSSR count).